The molecule has 5 heteroatoms. The normalized spacial score (nSPS) is 23.9. The molecule has 13 heavy (non-hydrogen) atoms. The predicted octanol–water partition coefficient (Wildman–Crippen LogP) is 1.09. The summed E-state index contributed by atoms with van der Waals surface area (Å²) < 4.78 is 21.5. The van der Waals surface area contributed by atoms with Gasteiger partial charge in [-0.3, -0.25) is 4.57 Å². The Balaban J connectivity index is 2.48. The number of hydrogen-bond donors (Lipinski definition) is 0. The summed E-state index contributed by atoms with van der Waals surface area (Å²) in [6.45, 7) is 5.06. The molecule has 0 unspecified atom stereocenters. The first-order valence-electron chi connectivity index (χ1n) is 4.71. The van der Waals surface area contributed by atoms with Gasteiger partial charge in [-0.25, -0.2) is 9.34 Å². The molecule has 1 saturated heterocycles. The van der Waals surface area contributed by atoms with E-state index >= 15 is 0 Å². The maximum absolute atomic E-state index is 12.3. The molecule has 0 atom stereocenters. The Bertz CT molecular complexity index is 196. The van der Waals surface area contributed by atoms with Crippen molar-refractivity contribution in [1.82, 2.24) is 9.34 Å². The van der Waals surface area contributed by atoms with Crippen LogP contribution < -0.4 is 0 Å². The van der Waals surface area contributed by atoms with Gasteiger partial charge < -0.3 is 4.74 Å². The third-order valence-corrected chi connectivity index (χ3v) is 5.84. The third-order valence-electron chi connectivity index (χ3n) is 2.55. The summed E-state index contributed by atoms with van der Waals surface area (Å²) >= 11 is 0. The minimum Gasteiger partial charge on any atom is -0.381 e. The molecule has 1 rings (SSSR count). The van der Waals surface area contributed by atoms with Crippen LogP contribution in [-0.2, 0) is 9.30 Å². The highest BCUT2D eigenvalue weighted by Crippen LogP contribution is 2.54. The van der Waals surface area contributed by atoms with E-state index in [2.05, 4.69) is 0 Å². The molecule has 0 radical (unpaired) electrons. The van der Waals surface area contributed by atoms with Gasteiger partial charge in [-0.15, -0.1) is 0 Å². The second-order valence-electron chi connectivity index (χ2n) is 3.35. The first kappa shape index (κ1) is 11.2. The van der Waals surface area contributed by atoms with Crippen molar-refractivity contribution >= 4 is 7.44 Å². The average molecular weight is 206 g/mol. The van der Waals surface area contributed by atoms with Crippen LogP contribution in [0.4, 0.5) is 0 Å². The maximum Gasteiger partial charge on any atom is 0.218 e. The number of ether oxygens (including phenoxy) is 1. The SMILES string of the molecule is CCOCCP1(=O)N(C)CCN1C. The molecule has 0 aromatic carbocycles. The third kappa shape index (κ3) is 2.32. The Morgan fingerprint density at radius 3 is 2.31 bits per heavy atom. The molecule has 0 aliphatic carbocycles. The molecular weight excluding hydrogens is 187 g/mol. The van der Waals surface area contributed by atoms with E-state index in [0.29, 0.717) is 19.4 Å². The van der Waals surface area contributed by atoms with Gasteiger partial charge in [-0.2, -0.15) is 0 Å². The van der Waals surface area contributed by atoms with E-state index in [1.54, 1.807) is 0 Å². The Morgan fingerprint density at radius 2 is 1.85 bits per heavy atom. The van der Waals surface area contributed by atoms with E-state index in [1.165, 1.54) is 0 Å². The predicted molar refractivity (Wildman–Crippen MR) is 54.2 cm³/mol. The lowest BCUT2D eigenvalue weighted by Gasteiger charge is -2.24. The standard InChI is InChI=1S/C8H19N2O2P/c1-4-12-7-8-13(11)9(2)5-6-10(13)3/h4-8H2,1-3H3. The molecule has 1 aliphatic rings. The minimum absolute atomic E-state index is 0.600. The average Bonchev–Trinajstić information content (AvgIpc) is 2.35. The van der Waals surface area contributed by atoms with Crippen molar-refractivity contribution in [2.75, 3.05) is 46.6 Å². The summed E-state index contributed by atoms with van der Waals surface area (Å²) in [5, 5.41) is 0. The van der Waals surface area contributed by atoms with Gasteiger partial charge in [-0.05, 0) is 21.0 Å². The fourth-order valence-corrected chi connectivity index (χ4v) is 3.91. The summed E-state index contributed by atoms with van der Waals surface area (Å²) in [5.41, 5.74) is 0. The van der Waals surface area contributed by atoms with Crippen molar-refractivity contribution < 1.29 is 9.30 Å². The molecule has 0 bridgehead atoms. The monoisotopic (exact) mass is 206 g/mol. The van der Waals surface area contributed by atoms with E-state index in [0.717, 1.165) is 13.1 Å². The lowest BCUT2D eigenvalue weighted by Crippen LogP contribution is -2.18. The van der Waals surface area contributed by atoms with Crippen molar-refractivity contribution in [3.63, 3.8) is 0 Å². The fraction of sp³-hybridized carbons (Fsp3) is 1.00. The topological polar surface area (TPSA) is 32.8 Å². The summed E-state index contributed by atoms with van der Waals surface area (Å²) in [5.74, 6) is 0. The van der Waals surface area contributed by atoms with Gasteiger partial charge in [-0.1, -0.05) is 0 Å². The molecule has 4 nitrogen and oxygen atoms in total. The zero-order valence-electron chi connectivity index (χ0n) is 8.69. The molecule has 0 saturated carbocycles. The summed E-state index contributed by atoms with van der Waals surface area (Å²) in [7, 11) is 1.61. The molecule has 78 valence electrons. The van der Waals surface area contributed by atoms with E-state index in [4.69, 9.17) is 4.74 Å². The second-order valence-corrected chi connectivity index (χ2v) is 6.49. The Hall–Kier alpha value is 0.110. The van der Waals surface area contributed by atoms with Crippen LogP contribution in [0.2, 0.25) is 0 Å². The molecule has 0 N–H and O–H groups in total. The van der Waals surface area contributed by atoms with Crippen molar-refractivity contribution in [2.45, 2.75) is 6.92 Å². The Morgan fingerprint density at radius 1 is 1.31 bits per heavy atom. The van der Waals surface area contributed by atoms with E-state index in [1.807, 2.05) is 30.4 Å². The Kier molecular flexibility index (Phi) is 3.92. The molecule has 1 fully saturated rings. The molecule has 0 amide bonds. The van der Waals surface area contributed by atoms with Crippen LogP contribution in [-0.4, -0.2) is 55.9 Å². The highest BCUT2D eigenvalue weighted by Gasteiger charge is 2.37. The van der Waals surface area contributed by atoms with Gasteiger partial charge in [0.1, 0.15) is 0 Å². The van der Waals surface area contributed by atoms with E-state index in [9.17, 15) is 4.57 Å². The van der Waals surface area contributed by atoms with Crippen LogP contribution in [0.15, 0.2) is 0 Å². The first-order chi connectivity index (χ1) is 6.11. The van der Waals surface area contributed by atoms with Gasteiger partial charge in [0.15, 0.2) is 0 Å². The highest BCUT2D eigenvalue weighted by atomic mass is 31.2. The van der Waals surface area contributed by atoms with Crippen LogP contribution in [0.5, 0.6) is 0 Å². The zero-order valence-corrected chi connectivity index (χ0v) is 9.59. The molecule has 1 aliphatic heterocycles. The van der Waals surface area contributed by atoms with Gasteiger partial charge >= 0.3 is 0 Å². The van der Waals surface area contributed by atoms with E-state index in [-0.39, 0.29) is 0 Å². The van der Waals surface area contributed by atoms with Gasteiger partial charge in [0.05, 0.1) is 12.8 Å². The van der Waals surface area contributed by atoms with Crippen molar-refractivity contribution in [1.29, 1.82) is 0 Å². The van der Waals surface area contributed by atoms with Crippen LogP contribution in [0.3, 0.4) is 0 Å². The van der Waals surface area contributed by atoms with Crippen LogP contribution in [0.1, 0.15) is 6.92 Å². The molecule has 1 heterocycles. The number of rotatable bonds is 4. The smallest absolute Gasteiger partial charge is 0.218 e. The molecular formula is C8H19N2O2P. The molecule has 0 aromatic rings. The molecule has 0 spiro atoms. The summed E-state index contributed by atoms with van der Waals surface area (Å²) in [6, 6.07) is 0. The molecule has 0 aromatic heterocycles. The summed E-state index contributed by atoms with van der Waals surface area (Å²) in [4.78, 5) is 0. The second kappa shape index (κ2) is 4.56. The van der Waals surface area contributed by atoms with Crippen LogP contribution >= 0.6 is 7.44 Å². The van der Waals surface area contributed by atoms with Gasteiger partial charge in [0, 0.05) is 19.7 Å². The van der Waals surface area contributed by atoms with E-state index < -0.39 is 7.44 Å². The van der Waals surface area contributed by atoms with Crippen molar-refractivity contribution in [3.05, 3.63) is 0 Å². The van der Waals surface area contributed by atoms with Crippen LogP contribution in [0, 0.1) is 0 Å². The zero-order chi connectivity index (χ0) is 9.90. The maximum atomic E-state index is 12.3. The quantitative estimate of drug-likeness (QED) is 0.509. The largest absolute Gasteiger partial charge is 0.381 e. The number of nitrogens with zero attached hydrogens (tertiary/aromatic N) is 2. The summed E-state index contributed by atoms with van der Waals surface area (Å²) in [6.07, 6.45) is 0.647. The van der Waals surface area contributed by atoms with Crippen molar-refractivity contribution in [3.8, 4) is 0 Å². The fourth-order valence-electron chi connectivity index (χ4n) is 1.53. The lowest BCUT2D eigenvalue weighted by molar-refractivity contribution is 0.162. The first-order valence-corrected chi connectivity index (χ1v) is 6.51. The number of hydrogen-bond acceptors (Lipinski definition) is 2. The van der Waals surface area contributed by atoms with Crippen LogP contribution in [0.25, 0.3) is 0 Å². The lowest BCUT2D eigenvalue weighted by atomic mass is 10.6. The van der Waals surface area contributed by atoms with Gasteiger partial charge in [0.25, 0.3) is 0 Å². The Labute approximate surface area is 80.3 Å². The highest BCUT2D eigenvalue weighted by molar-refractivity contribution is 7.59. The number of likely N-dealkylation sites (N-methyl/N-ethyl adjacent to an activating group) is 2. The minimum atomic E-state index is -2.24. The van der Waals surface area contributed by atoms with Crippen molar-refractivity contribution in [2.24, 2.45) is 0 Å². The van der Waals surface area contributed by atoms with Gasteiger partial charge in [0.2, 0.25) is 7.44 Å².